The molecule has 2 N–H and O–H groups in total. The van der Waals surface area contributed by atoms with E-state index in [0.29, 0.717) is 28.6 Å². The molecular formula is C23H23ClN2O4S. The van der Waals surface area contributed by atoms with E-state index in [2.05, 4.69) is 10.0 Å². The standard InChI is InChI=1S/C23H23ClN2O4S/c1-3-22(30-20-6-4-5-16(2)15-20)23(27)25-18-11-13-21(14-12-18)31(28,29)26-19-9-7-17(24)8-10-19/h4-15,22,26H,3H2,1-2H3,(H,25,27)/t22-/m0/s1. The number of benzene rings is 3. The first kappa shape index (κ1) is 22.7. The molecule has 3 rings (SSSR count). The van der Waals surface area contributed by atoms with Crippen molar-refractivity contribution in [3.8, 4) is 5.75 Å². The van der Waals surface area contributed by atoms with Crippen molar-refractivity contribution in [1.82, 2.24) is 0 Å². The van der Waals surface area contributed by atoms with E-state index < -0.39 is 16.1 Å². The molecule has 0 aromatic heterocycles. The average Bonchev–Trinajstić information content (AvgIpc) is 2.74. The number of ether oxygens (including phenoxy) is 1. The Morgan fingerprint density at radius 2 is 1.65 bits per heavy atom. The van der Waals surface area contributed by atoms with Gasteiger partial charge in [-0.2, -0.15) is 0 Å². The molecule has 8 heteroatoms. The van der Waals surface area contributed by atoms with E-state index in [1.165, 1.54) is 24.3 Å². The van der Waals surface area contributed by atoms with Crippen LogP contribution in [0.2, 0.25) is 5.02 Å². The molecule has 0 saturated heterocycles. The normalized spacial score (nSPS) is 12.1. The zero-order valence-corrected chi connectivity index (χ0v) is 18.7. The lowest BCUT2D eigenvalue weighted by Gasteiger charge is -2.18. The molecule has 0 radical (unpaired) electrons. The smallest absolute Gasteiger partial charge is 0.265 e. The minimum Gasteiger partial charge on any atom is -0.481 e. The number of hydrogen-bond acceptors (Lipinski definition) is 4. The largest absolute Gasteiger partial charge is 0.481 e. The fourth-order valence-corrected chi connectivity index (χ4v) is 4.03. The second-order valence-corrected chi connectivity index (χ2v) is 9.08. The molecule has 3 aromatic rings. The fourth-order valence-electron chi connectivity index (χ4n) is 2.85. The van der Waals surface area contributed by atoms with Crippen molar-refractivity contribution in [2.45, 2.75) is 31.3 Å². The molecule has 0 bridgehead atoms. The van der Waals surface area contributed by atoms with Gasteiger partial charge in [0.1, 0.15) is 5.75 Å². The summed E-state index contributed by atoms with van der Waals surface area (Å²) >= 11 is 5.82. The molecule has 1 amide bonds. The Morgan fingerprint density at radius 3 is 2.26 bits per heavy atom. The molecule has 0 fully saturated rings. The highest BCUT2D eigenvalue weighted by Gasteiger charge is 2.19. The Kier molecular flexibility index (Phi) is 7.20. The van der Waals surface area contributed by atoms with Crippen LogP contribution in [-0.2, 0) is 14.8 Å². The summed E-state index contributed by atoms with van der Waals surface area (Å²) in [6.07, 6.45) is -0.186. The van der Waals surface area contributed by atoms with E-state index in [9.17, 15) is 13.2 Å². The third kappa shape index (κ3) is 6.23. The summed E-state index contributed by atoms with van der Waals surface area (Å²) in [6, 6.07) is 19.8. The van der Waals surface area contributed by atoms with Crippen LogP contribution >= 0.6 is 11.6 Å². The summed E-state index contributed by atoms with van der Waals surface area (Å²) in [7, 11) is -3.77. The van der Waals surface area contributed by atoms with Gasteiger partial charge in [0.25, 0.3) is 15.9 Å². The van der Waals surface area contributed by atoms with Crippen LogP contribution in [0.3, 0.4) is 0 Å². The van der Waals surface area contributed by atoms with Crippen molar-refractivity contribution < 1.29 is 17.9 Å². The molecule has 0 saturated carbocycles. The molecule has 0 heterocycles. The van der Waals surface area contributed by atoms with E-state index in [-0.39, 0.29) is 10.8 Å². The average molecular weight is 459 g/mol. The topological polar surface area (TPSA) is 84.5 Å². The molecule has 0 aliphatic rings. The van der Waals surface area contributed by atoms with E-state index in [0.717, 1.165) is 5.56 Å². The number of halogens is 1. The third-order valence-electron chi connectivity index (χ3n) is 4.46. The molecule has 0 unspecified atom stereocenters. The van der Waals surface area contributed by atoms with Gasteiger partial charge in [-0.3, -0.25) is 9.52 Å². The van der Waals surface area contributed by atoms with E-state index >= 15 is 0 Å². The van der Waals surface area contributed by atoms with Crippen LogP contribution in [0.25, 0.3) is 0 Å². The number of sulfonamides is 1. The number of carbonyl (C=O) groups excluding carboxylic acids is 1. The molecule has 162 valence electrons. The maximum atomic E-state index is 12.6. The molecule has 31 heavy (non-hydrogen) atoms. The zero-order chi connectivity index (χ0) is 22.4. The van der Waals surface area contributed by atoms with Crippen LogP contribution in [0.4, 0.5) is 11.4 Å². The summed E-state index contributed by atoms with van der Waals surface area (Å²) in [5, 5.41) is 3.28. The maximum Gasteiger partial charge on any atom is 0.265 e. The van der Waals surface area contributed by atoms with Gasteiger partial charge in [-0.25, -0.2) is 8.42 Å². The van der Waals surface area contributed by atoms with Crippen LogP contribution < -0.4 is 14.8 Å². The van der Waals surface area contributed by atoms with Crippen molar-refractivity contribution in [2.75, 3.05) is 10.0 Å². The number of aryl methyl sites for hydroxylation is 1. The lowest BCUT2D eigenvalue weighted by atomic mass is 10.2. The van der Waals surface area contributed by atoms with Gasteiger partial charge in [0.05, 0.1) is 4.90 Å². The summed E-state index contributed by atoms with van der Waals surface area (Å²) in [5.41, 5.74) is 1.92. The van der Waals surface area contributed by atoms with Crippen molar-refractivity contribution in [1.29, 1.82) is 0 Å². The highest BCUT2D eigenvalue weighted by atomic mass is 35.5. The number of nitrogens with one attached hydrogen (secondary N) is 2. The number of anilines is 2. The van der Waals surface area contributed by atoms with E-state index in [4.69, 9.17) is 16.3 Å². The van der Waals surface area contributed by atoms with Crippen LogP contribution in [-0.4, -0.2) is 20.4 Å². The second-order valence-electron chi connectivity index (χ2n) is 6.96. The minimum atomic E-state index is -3.77. The molecule has 0 aliphatic carbocycles. The first-order valence-electron chi connectivity index (χ1n) is 9.69. The van der Waals surface area contributed by atoms with Gasteiger partial charge in [-0.1, -0.05) is 30.7 Å². The van der Waals surface area contributed by atoms with Crippen LogP contribution in [0.1, 0.15) is 18.9 Å². The first-order chi connectivity index (χ1) is 14.8. The van der Waals surface area contributed by atoms with Gasteiger partial charge in [-0.15, -0.1) is 0 Å². The van der Waals surface area contributed by atoms with Gasteiger partial charge >= 0.3 is 0 Å². The summed E-state index contributed by atoms with van der Waals surface area (Å²) in [6.45, 7) is 3.81. The van der Waals surface area contributed by atoms with Crippen molar-refractivity contribution >= 4 is 38.9 Å². The van der Waals surface area contributed by atoms with Gasteiger partial charge in [0.2, 0.25) is 0 Å². The number of rotatable bonds is 8. The summed E-state index contributed by atoms with van der Waals surface area (Å²) in [5.74, 6) is 0.315. The van der Waals surface area contributed by atoms with E-state index in [1.54, 1.807) is 30.3 Å². The Bertz CT molecular complexity index is 1150. The van der Waals surface area contributed by atoms with Gasteiger partial charge in [0, 0.05) is 16.4 Å². The van der Waals surface area contributed by atoms with Crippen molar-refractivity contribution in [3.63, 3.8) is 0 Å². The molecule has 0 aliphatic heterocycles. The highest BCUT2D eigenvalue weighted by molar-refractivity contribution is 7.92. The number of hydrogen-bond donors (Lipinski definition) is 2. The SMILES string of the molecule is CC[C@H](Oc1cccc(C)c1)C(=O)Nc1ccc(S(=O)(=O)Nc2ccc(Cl)cc2)cc1. The molecular weight excluding hydrogens is 436 g/mol. The Morgan fingerprint density at radius 1 is 1.00 bits per heavy atom. The van der Waals surface area contributed by atoms with Crippen LogP contribution in [0.5, 0.6) is 5.75 Å². The minimum absolute atomic E-state index is 0.0727. The quantitative estimate of drug-likeness (QED) is 0.483. The van der Waals surface area contributed by atoms with Crippen LogP contribution in [0.15, 0.2) is 77.7 Å². The molecule has 1 atom stereocenters. The third-order valence-corrected chi connectivity index (χ3v) is 6.11. The summed E-state index contributed by atoms with van der Waals surface area (Å²) < 4.78 is 33.4. The zero-order valence-electron chi connectivity index (χ0n) is 17.1. The lowest BCUT2D eigenvalue weighted by Crippen LogP contribution is -2.32. The fraction of sp³-hybridized carbons (Fsp3) is 0.174. The molecule has 3 aromatic carbocycles. The van der Waals surface area contributed by atoms with Gasteiger partial charge in [0.15, 0.2) is 6.10 Å². The summed E-state index contributed by atoms with van der Waals surface area (Å²) in [4.78, 5) is 12.7. The molecule has 6 nitrogen and oxygen atoms in total. The number of carbonyl (C=O) groups is 1. The highest BCUT2D eigenvalue weighted by Crippen LogP contribution is 2.21. The van der Waals surface area contributed by atoms with Crippen molar-refractivity contribution in [3.05, 3.63) is 83.4 Å². The van der Waals surface area contributed by atoms with Crippen molar-refractivity contribution in [2.24, 2.45) is 0 Å². The monoisotopic (exact) mass is 458 g/mol. The van der Waals surface area contributed by atoms with Gasteiger partial charge in [-0.05, 0) is 79.6 Å². The Labute approximate surface area is 187 Å². The lowest BCUT2D eigenvalue weighted by molar-refractivity contribution is -0.122. The molecule has 0 spiro atoms. The first-order valence-corrected chi connectivity index (χ1v) is 11.6. The maximum absolute atomic E-state index is 12.6. The van der Waals surface area contributed by atoms with Crippen LogP contribution in [0, 0.1) is 6.92 Å². The number of amides is 1. The predicted octanol–water partition coefficient (Wildman–Crippen LogP) is 5.25. The van der Waals surface area contributed by atoms with E-state index in [1.807, 2.05) is 32.0 Å². The second kappa shape index (κ2) is 9.85. The Hall–Kier alpha value is -3.03. The Balaban J connectivity index is 1.66. The van der Waals surface area contributed by atoms with Gasteiger partial charge < -0.3 is 10.1 Å². The predicted molar refractivity (Wildman–Crippen MR) is 123 cm³/mol.